The number of nitrogens with one attached hydrogen (secondary N) is 1. The van der Waals surface area contributed by atoms with Crippen LogP contribution in [0.3, 0.4) is 0 Å². The summed E-state index contributed by atoms with van der Waals surface area (Å²) in [7, 11) is 0. The lowest BCUT2D eigenvalue weighted by atomic mass is 10.0. The molecule has 1 aromatic heterocycles. The number of esters is 1. The molecule has 0 spiro atoms. The van der Waals surface area contributed by atoms with E-state index in [1.807, 2.05) is 0 Å². The fourth-order valence-corrected chi connectivity index (χ4v) is 2.63. The van der Waals surface area contributed by atoms with Crippen molar-refractivity contribution in [1.82, 2.24) is 4.98 Å². The summed E-state index contributed by atoms with van der Waals surface area (Å²) < 4.78 is 31.1. The van der Waals surface area contributed by atoms with Crippen molar-refractivity contribution in [3.63, 3.8) is 0 Å². The molecule has 1 heterocycles. The summed E-state index contributed by atoms with van der Waals surface area (Å²) in [6.45, 7) is 6.04. The number of aromatic nitrogens is 1. The molecule has 7 heteroatoms. The molecule has 1 aromatic carbocycles. The molecule has 0 aliphatic rings. The number of Topliss-reactive ketones (excluding diaryl/α,β-unsaturated/α-hetero) is 2. The van der Waals surface area contributed by atoms with Crippen molar-refractivity contribution in [3.8, 4) is 0 Å². The summed E-state index contributed by atoms with van der Waals surface area (Å²) in [5.41, 5.74) is 1.41. The number of rotatable bonds is 5. The maximum atomic E-state index is 13.2. The number of halogens is 2. The zero-order valence-electron chi connectivity index (χ0n) is 14.2. The lowest BCUT2D eigenvalue weighted by Crippen LogP contribution is -2.25. The van der Waals surface area contributed by atoms with Crippen LogP contribution < -0.4 is 0 Å². The van der Waals surface area contributed by atoms with Crippen molar-refractivity contribution in [3.05, 3.63) is 57.9 Å². The molecule has 0 saturated carbocycles. The van der Waals surface area contributed by atoms with Crippen LogP contribution in [0.15, 0.2) is 18.2 Å². The molecule has 2 rings (SSSR count). The van der Waals surface area contributed by atoms with Crippen molar-refractivity contribution < 1.29 is 27.9 Å². The highest BCUT2D eigenvalue weighted by molar-refractivity contribution is 6.05. The van der Waals surface area contributed by atoms with Gasteiger partial charge in [-0.15, -0.1) is 0 Å². The highest BCUT2D eigenvalue weighted by Crippen LogP contribution is 2.21. The van der Waals surface area contributed by atoms with Crippen LogP contribution in [-0.4, -0.2) is 28.6 Å². The predicted octanol–water partition coefficient (Wildman–Crippen LogP) is 3.54. The van der Waals surface area contributed by atoms with Crippen molar-refractivity contribution >= 4 is 17.5 Å². The maximum absolute atomic E-state index is 13.2. The Hall–Kier alpha value is -2.83. The van der Waals surface area contributed by atoms with Crippen molar-refractivity contribution in [2.24, 2.45) is 0 Å². The van der Waals surface area contributed by atoms with E-state index in [9.17, 15) is 23.2 Å². The van der Waals surface area contributed by atoms with Crippen LogP contribution in [0.5, 0.6) is 0 Å². The van der Waals surface area contributed by atoms with E-state index >= 15 is 0 Å². The van der Waals surface area contributed by atoms with Gasteiger partial charge >= 0.3 is 5.97 Å². The van der Waals surface area contributed by atoms with E-state index in [0.29, 0.717) is 22.9 Å². The molecule has 0 aliphatic heterocycles. The number of ketones is 2. The van der Waals surface area contributed by atoms with Gasteiger partial charge in [0.2, 0.25) is 5.78 Å². The Morgan fingerprint density at radius 2 is 1.76 bits per heavy atom. The Bertz CT molecular complexity index is 870. The summed E-state index contributed by atoms with van der Waals surface area (Å²) >= 11 is 0. The largest absolute Gasteiger partial charge is 0.451 e. The highest BCUT2D eigenvalue weighted by atomic mass is 19.2. The smallest absolute Gasteiger partial charge is 0.338 e. The minimum atomic E-state index is -1.18. The van der Waals surface area contributed by atoms with Crippen LogP contribution in [0.25, 0.3) is 0 Å². The Balaban J connectivity index is 2.20. The van der Waals surface area contributed by atoms with Gasteiger partial charge in [-0.3, -0.25) is 9.59 Å². The van der Waals surface area contributed by atoms with Gasteiger partial charge < -0.3 is 9.72 Å². The molecule has 0 saturated heterocycles. The van der Waals surface area contributed by atoms with Gasteiger partial charge in [-0.25, -0.2) is 13.6 Å². The maximum Gasteiger partial charge on any atom is 0.338 e. The lowest BCUT2D eigenvalue weighted by molar-refractivity contribution is 0.0316. The molecular formula is C18H17F2NO4. The molecule has 0 bridgehead atoms. The SMILES string of the molecule is CC(=O)c1c(C)[nH]c(C(=O)[C@H](C)OC(=O)c2ccc(F)c(F)c2)c1C. The first-order valence-electron chi connectivity index (χ1n) is 7.53. The van der Waals surface area contributed by atoms with E-state index in [1.165, 1.54) is 13.8 Å². The number of aromatic amines is 1. The van der Waals surface area contributed by atoms with Gasteiger partial charge in [-0.1, -0.05) is 0 Å². The zero-order valence-corrected chi connectivity index (χ0v) is 14.2. The summed E-state index contributed by atoms with van der Waals surface area (Å²) in [6, 6.07) is 2.57. The first-order chi connectivity index (χ1) is 11.6. The topological polar surface area (TPSA) is 76.2 Å². The molecule has 0 aliphatic carbocycles. The molecule has 0 amide bonds. The number of hydrogen-bond acceptors (Lipinski definition) is 4. The Morgan fingerprint density at radius 3 is 2.28 bits per heavy atom. The number of carbonyl (C=O) groups excluding carboxylic acids is 3. The van der Waals surface area contributed by atoms with Gasteiger partial charge in [0.15, 0.2) is 23.5 Å². The van der Waals surface area contributed by atoms with Gasteiger partial charge in [-0.2, -0.15) is 0 Å². The second-order valence-corrected chi connectivity index (χ2v) is 5.72. The van der Waals surface area contributed by atoms with Gasteiger partial charge in [0.25, 0.3) is 0 Å². The zero-order chi connectivity index (χ0) is 18.9. The van der Waals surface area contributed by atoms with Crippen LogP contribution >= 0.6 is 0 Å². The van der Waals surface area contributed by atoms with Gasteiger partial charge in [0, 0.05) is 11.3 Å². The fraction of sp³-hybridized carbons (Fsp3) is 0.278. The fourth-order valence-electron chi connectivity index (χ4n) is 2.63. The molecule has 132 valence electrons. The number of H-pyrrole nitrogens is 1. The number of carbonyl (C=O) groups is 3. The van der Waals surface area contributed by atoms with Crippen molar-refractivity contribution in [1.29, 1.82) is 0 Å². The summed E-state index contributed by atoms with van der Waals surface area (Å²) in [5, 5.41) is 0. The second-order valence-electron chi connectivity index (χ2n) is 5.72. The third-order valence-corrected chi connectivity index (χ3v) is 3.84. The van der Waals surface area contributed by atoms with Crippen LogP contribution in [0, 0.1) is 25.5 Å². The molecule has 1 N–H and O–H groups in total. The third-order valence-electron chi connectivity index (χ3n) is 3.84. The van der Waals surface area contributed by atoms with E-state index in [1.54, 1.807) is 13.8 Å². The predicted molar refractivity (Wildman–Crippen MR) is 85.8 cm³/mol. The van der Waals surface area contributed by atoms with Crippen LogP contribution in [0.4, 0.5) is 8.78 Å². The van der Waals surface area contributed by atoms with E-state index in [4.69, 9.17) is 4.74 Å². The van der Waals surface area contributed by atoms with E-state index < -0.39 is 29.5 Å². The summed E-state index contributed by atoms with van der Waals surface area (Å²) in [5.74, 6) is -3.93. The minimum Gasteiger partial charge on any atom is -0.451 e. The van der Waals surface area contributed by atoms with Crippen LogP contribution in [-0.2, 0) is 4.74 Å². The van der Waals surface area contributed by atoms with Crippen molar-refractivity contribution in [2.45, 2.75) is 33.8 Å². The molecular weight excluding hydrogens is 332 g/mol. The average Bonchev–Trinajstić information content (AvgIpc) is 2.83. The summed E-state index contributed by atoms with van der Waals surface area (Å²) in [4.78, 5) is 38.9. The normalized spacial score (nSPS) is 11.9. The van der Waals surface area contributed by atoms with E-state index in [-0.39, 0.29) is 17.0 Å². The van der Waals surface area contributed by atoms with Gasteiger partial charge in [0.05, 0.1) is 11.3 Å². The highest BCUT2D eigenvalue weighted by Gasteiger charge is 2.26. The second kappa shape index (κ2) is 6.96. The molecule has 0 fully saturated rings. The van der Waals surface area contributed by atoms with E-state index in [2.05, 4.69) is 4.98 Å². The summed E-state index contributed by atoms with van der Waals surface area (Å²) in [6.07, 6.45) is -1.17. The number of aryl methyl sites for hydroxylation is 1. The van der Waals surface area contributed by atoms with Crippen LogP contribution in [0.1, 0.15) is 56.3 Å². The average molecular weight is 349 g/mol. The number of hydrogen-bond donors (Lipinski definition) is 1. The molecule has 0 radical (unpaired) electrons. The van der Waals surface area contributed by atoms with Crippen molar-refractivity contribution in [2.75, 3.05) is 0 Å². The number of ether oxygens (including phenoxy) is 1. The van der Waals surface area contributed by atoms with Crippen LogP contribution in [0.2, 0.25) is 0 Å². The first kappa shape index (κ1) is 18.5. The lowest BCUT2D eigenvalue weighted by Gasteiger charge is -2.12. The molecule has 1 atom stereocenters. The molecule has 25 heavy (non-hydrogen) atoms. The molecule has 5 nitrogen and oxygen atoms in total. The Labute approximate surface area is 143 Å². The minimum absolute atomic E-state index is 0.174. The Morgan fingerprint density at radius 1 is 1.12 bits per heavy atom. The third kappa shape index (κ3) is 3.65. The van der Waals surface area contributed by atoms with Gasteiger partial charge in [-0.05, 0) is 51.5 Å². The molecule has 2 aromatic rings. The molecule has 0 unspecified atom stereocenters. The monoisotopic (exact) mass is 349 g/mol. The van der Waals surface area contributed by atoms with Gasteiger partial charge in [0.1, 0.15) is 0 Å². The quantitative estimate of drug-likeness (QED) is 0.662. The first-order valence-corrected chi connectivity index (χ1v) is 7.53. The number of benzene rings is 1. The standard InChI is InChI=1S/C18H17F2NO4/c1-8-15(10(3)22)9(2)21-16(8)17(23)11(4)25-18(24)12-5-6-13(19)14(20)7-12/h5-7,11,21H,1-4H3/t11-/m0/s1. The Kier molecular flexibility index (Phi) is 5.15. The van der Waals surface area contributed by atoms with E-state index in [0.717, 1.165) is 12.1 Å².